The second kappa shape index (κ2) is 6.56. The first-order chi connectivity index (χ1) is 6.02. The molecule has 5 nitrogen and oxygen atoms in total. The highest BCUT2D eigenvalue weighted by molar-refractivity contribution is 8.11. The lowest BCUT2D eigenvalue weighted by Crippen LogP contribution is -2.33. The highest BCUT2D eigenvalue weighted by Gasteiger charge is 2.17. The van der Waals surface area contributed by atoms with Gasteiger partial charge in [-0.25, -0.2) is 0 Å². The quantitative estimate of drug-likeness (QED) is 0.582. The highest BCUT2D eigenvalue weighted by Crippen LogP contribution is 2.05. The zero-order chi connectivity index (χ0) is 10.3. The molecule has 80 valence electrons. The number of rotatable bonds is 7. The smallest absolute Gasteiger partial charge is 0.299 e. The second-order valence-electron chi connectivity index (χ2n) is 2.33. The van der Waals surface area contributed by atoms with Gasteiger partial charge in [-0.3, -0.25) is 0 Å². The van der Waals surface area contributed by atoms with Crippen LogP contribution < -0.4 is 0 Å². The topological polar surface area (TPSA) is 55.8 Å². The molecule has 0 N–H and O–H groups in total. The minimum atomic E-state index is -3.66. The molecule has 0 aromatic rings. The largest absolute Gasteiger partial charge is 0.383 e. The third-order valence-electron chi connectivity index (χ3n) is 1.40. The number of nitrogens with zero attached hydrogens (tertiary/aromatic N) is 1. The Labute approximate surface area is 83.1 Å². The van der Waals surface area contributed by atoms with Gasteiger partial charge in [-0.05, 0) is 0 Å². The van der Waals surface area contributed by atoms with Gasteiger partial charge in [-0.2, -0.15) is 12.7 Å². The van der Waals surface area contributed by atoms with Crippen molar-refractivity contribution in [2.45, 2.75) is 0 Å². The first-order valence-corrected chi connectivity index (χ1v) is 5.96. The predicted molar refractivity (Wildman–Crippen MR) is 50.1 cm³/mol. The van der Waals surface area contributed by atoms with Gasteiger partial charge in [0.1, 0.15) is 0 Å². The van der Waals surface area contributed by atoms with Crippen molar-refractivity contribution in [1.82, 2.24) is 4.31 Å². The Morgan fingerprint density at radius 2 is 1.54 bits per heavy atom. The fraction of sp³-hybridized carbons (Fsp3) is 1.00. The molecule has 0 saturated carbocycles. The average molecular weight is 232 g/mol. The van der Waals surface area contributed by atoms with Crippen LogP contribution in [0.2, 0.25) is 0 Å². The van der Waals surface area contributed by atoms with Crippen LogP contribution >= 0.6 is 10.7 Å². The van der Waals surface area contributed by atoms with E-state index in [1.807, 2.05) is 0 Å². The van der Waals surface area contributed by atoms with Crippen LogP contribution in [-0.4, -0.2) is 53.2 Å². The van der Waals surface area contributed by atoms with Gasteiger partial charge in [0.2, 0.25) is 0 Å². The van der Waals surface area contributed by atoms with Gasteiger partial charge in [-0.15, -0.1) is 0 Å². The molecule has 0 aliphatic rings. The Balaban J connectivity index is 4.04. The van der Waals surface area contributed by atoms with Gasteiger partial charge in [0.25, 0.3) is 9.24 Å². The van der Waals surface area contributed by atoms with Gasteiger partial charge in [-0.1, -0.05) is 0 Å². The standard InChI is InChI=1S/C6H14ClNO4S/c1-11-5-3-8(4-6-12-2)13(7,9)10/h3-6H2,1-2H3. The summed E-state index contributed by atoms with van der Waals surface area (Å²) in [6.45, 7) is 1.11. The summed E-state index contributed by atoms with van der Waals surface area (Å²) in [6.07, 6.45) is 0. The molecule has 0 aromatic heterocycles. The normalized spacial score (nSPS) is 12.3. The Kier molecular flexibility index (Phi) is 6.62. The van der Waals surface area contributed by atoms with Crippen LogP contribution in [0.25, 0.3) is 0 Å². The summed E-state index contributed by atoms with van der Waals surface area (Å²) in [5.74, 6) is 0. The molecule has 13 heavy (non-hydrogen) atoms. The van der Waals surface area contributed by atoms with E-state index >= 15 is 0 Å². The van der Waals surface area contributed by atoms with E-state index in [1.165, 1.54) is 14.2 Å². The van der Waals surface area contributed by atoms with E-state index in [-0.39, 0.29) is 13.1 Å². The van der Waals surface area contributed by atoms with Crippen molar-refractivity contribution in [3.05, 3.63) is 0 Å². The monoisotopic (exact) mass is 231 g/mol. The molecule has 0 rings (SSSR count). The van der Waals surface area contributed by atoms with Crippen molar-refractivity contribution in [2.75, 3.05) is 40.5 Å². The van der Waals surface area contributed by atoms with Gasteiger partial charge >= 0.3 is 0 Å². The third kappa shape index (κ3) is 6.23. The van der Waals surface area contributed by atoms with Gasteiger partial charge in [0, 0.05) is 38.0 Å². The summed E-state index contributed by atoms with van der Waals surface area (Å²) in [6, 6.07) is 0. The summed E-state index contributed by atoms with van der Waals surface area (Å²) < 4.78 is 32.4. The van der Waals surface area contributed by atoms with Crippen LogP contribution in [0.15, 0.2) is 0 Å². The van der Waals surface area contributed by atoms with Gasteiger partial charge in [0.15, 0.2) is 0 Å². The average Bonchev–Trinajstić information content (AvgIpc) is 2.02. The molecule has 0 aromatic carbocycles. The number of hydrogen-bond acceptors (Lipinski definition) is 4. The summed E-state index contributed by atoms with van der Waals surface area (Å²) in [4.78, 5) is 0. The van der Waals surface area contributed by atoms with Gasteiger partial charge < -0.3 is 9.47 Å². The third-order valence-corrected chi connectivity index (χ3v) is 2.97. The zero-order valence-corrected chi connectivity index (χ0v) is 9.27. The molecule has 0 atom stereocenters. The van der Waals surface area contributed by atoms with E-state index in [0.717, 1.165) is 4.31 Å². The fourth-order valence-electron chi connectivity index (χ4n) is 0.716. The van der Waals surface area contributed by atoms with Crippen LogP contribution in [0.1, 0.15) is 0 Å². The van der Waals surface area contributed by atoms with Crippen molar-refractivity contribution in [2.24, 2.45) is 0 Å². The zero-order valence-electron chi connectivity index (χ0n) is 7.69. The molecular weight excluding hydrogens is 218 g/mol. The number of hydrogen-bond donors (Lipinski definition) is 0. The maximum atomic E-state index is 10.9. The van der Waals surface area contributed by atoms with E-state index in [2.05, 4.69) is 0 Å². The molecule has 7 heteroatoms. The van der Waals surface area contributed by atoms with E-state index in [0.29, 0.717) is 13.2 Å². The van der Waals surface area contributed by atoms with Crippen LogP contribution in [0.4, 0.5) is 0 Å². The molecule has 0 heterocycles. The molecule has 0 aliphatic carbocycles. The summed E-state index contributed by atoms with van der Waals surface area (Å²) in [5, 5.41) is 0. The van der Waals surface area contributed by atoms with Crippen LogP contribution in [0, 0.1) is 0 Å². The van der Waals surface area contributed by atoms with Gasteiger partial charge in [0.05, 0.1) is 13.2 Å². The Bertz CT molecular complexity index is 211. The molecule has 0 amide bonds. The Hall–Kier alpha value is 0.120. The van der Waals surface area contributed by atoms with Crippen molar-refractivity contribution in [3.8, 4) is 0 Å². The molecule has 0 saturated heterocycles. The van der Waals surface area contributed by atoms with E-state index in [1.54, 1.807) is 0 Å². The van der Waals surface area contributed by atoms with Crippen LogP contribution in [0.3, 0.4) is 0 Å². The number of ether oxygens (including phenoxy) is 2. The van der Waals surface area contributed by atoms with Crippen LogP contribution in [-0.2, 0) is 18.7 Å². The molecule has 0 bridgehead atoms. The lowest BCUT2D eigenvalue weighted by molar-refractivity contribution is 0.151. The lowest BCUT2D eigenvalue weighted by atomic mass is 10.6. The molecule has 0 radical (unpaired) electrons. The minimum Gasteiger partial charge on any atom is -0.383 e. The fourth-order valence-corrected chi connectivity index (χ4v) is 1.72. The van der Waals surface area contributed by atoms with E-state index in [4.69, 9.17) is 20.2 Å². The first-order valence-electron chi connectivity index (χ1n) is 3.70. The van der Waals surface area contributed by atoms with E-state index in [9.17, 15) is 8.42 Å². The minimum absolute atomic E-state index is 0.242. The molecule has 0 aliphatic heterocycles. The van der Waals surface area contributed by atoms with Crippen molar-refractivity contribution in [1.29, 1.82) is 0 Å². The number of methoxy groups -OCH3 is 2. The Morgan fingerprint density at radius 3 is 1.77 bits per heavy atom. The van der Waals surface area contributed by atoms with Crippen LogP contribution in [0.5, 0.6) is 0 Å². The maximum Gasteiger partial charge on any atom is 0.299 e. The molecule has 0 fully saturated rings. The highest BCUT2D eigenvalue weighted by atomic mass is 35.7. The Morgan fingerprint density at radius 1 is 1.15 bits per heavy atom. The number of halogens is 1. The summed E-state index contributed by atoms with van der Waals surface area (Å²) in [5.41, 5.74) is 0. The van der Waals surface area contributed by atoms with Crippen molar-refractivity contribution < 1.29 is 17.9 Å². The summed E-state index contributed by atoms with van der Waals surface area (Å²) >= 11 is 0. The second-order valence-corrected chi connectivity index (χ2v) is 4.84. The molecular formula is C6H14ClNO4S. The SMILES string of the molecule is COCCN(CCOC)S(=O)(=O)Cl. The predicted octanol–water partition coefficient (Wildman–Crippen LogP) is 0.0648. The summed E-state index contributed by atoms with van der Waals surface area (Å²) in [7, 11) is 4.48. The maximum absolute atomic E-state index is 10.9. The molecule has 0 spiro atoms. The van der Waals surface area contributed by atoms with E-state index < -0.39 is 9.24 Å². The first kappa shape index (κ1) is 13.1. The molecule has 0 unspecified atom stereocenters. The van der Waals surface area contributed by atoms with Crippen molar-refractivity contribution in [3.63, 3.8) is 0 Å². The van der Waals surface area contributed by atoms with Crippen molar-refractivity contribution >= 4 is 19.9 Å². The lowest BCUT2D eigenvalue weighted by Gasteiger charge is -2.16.